The van der Waals surface area contributed by atoms with Crippen LogP contribution in [0.4, 0.5) is 0 Å². The molecule has 0 aliphatic rings. The summed E-state index contributed by atoms with van der Waals surface area (Å²) in [6.45, 7) is 10.9. The molecule has 1 aromatic carbocycles. The minimum atomic E-state index is 0.324. The first-order chi connectivity index (χ1) is 10.0. The Hall–Kier alpha value is -0.900. The summed E-state index contributed by atoms with van der Waals surface area (Å²) in [7, 11) is 3.83. The van der Waals surface area contributed by atoms with Crippen LogP contribution in [0.3, 0.4) is 0 Å². The van der Waals surface area contributed by atoms with Gasteiger partial charge in [-0.25, -0.2) is 0 Å². The number of benzene rings is 1. The molecule has 0 aliphatic carbocycles. The van der Waals surface area contributed by atoms with Gasteiger partial charge in [-0.05, 0) is 32.4 Å². The normalized spacial score (nSPS) is 14.9. The Morgan fingerprint density at radius 3 is 2.14 bits per heavy atom. The molecule has 3 heteroatoms. The predicted molar refractivity (Wildman–Crippen MR) is 90.6 cm³/mol. The molecule has 1 aromatic rings. The minimum absolute atomic E-state index is 0.324. The Morgan fingerprint density at radius 2 is 1.71 bits per heavy atom. The molecule has 120 valence electrons. The van der Waals surface area contributed by atoms with E-state index in [9.17, 15) is 0 Å². The second-order valence-electron chi connectivity index (χ2n) is 6.24. The van der Waals surface area contributed by atoms with E-state index in [1.54, 1.807) is 7.11 Å². The molecule has 0 bridgehead atoms. The molecule has 1 rings (SSSR count). The molecule has 0 heterocycles. The van der Waals surface area contributed by atoms with Crippen molar-refractivity contribution in [3.8, 4) is 0 Å². The lowest BCUT2D eigenvalue weighted by molar-refractivity contribution is 0.0566. The van der Waals surface area contributed by atoms with E-state index in [1.165, 1.54) is 5.56 Å². The van der Waals surface area contributed by atoms with Gasteiger partial charge in [0.1, 0.15) is 0 Å². The van der Waals surface area contributed by atoms with Crippen molar-refractivity contribution in [1.29, 1.82) is 0 Å². The summed E-state index contributed by atoms with van der Waals surface area (Å²) < 4.78 is 5.31. The number of likely N-dealkylation sites (N-methyl/N-ethyl adjacent to an activating group) is 1. The summed E-state index contributed by atoms with van der Waals surface area (Å²) in [4.78, 5) is 2.56. The fourth-order valence-electron chi connectivity index (χ4n) is 3.10. The standard InChI is InChI=1S/C18H32N2O/c1-14(2)18(20(15(3)4)12-13-21-6)17(19-5)16-10-8-7-9-11-16/h7-11,14-15,17-19H,12-13H2,1-6H3. The predicted octanol–water partition coefficient (Wildman–Crippen LogP) is 3.33. The Morgan fingerprint density at radius 1 is 1.10 bits per heavy atom. The second-order valence-corrected chi connectivity index (χ2v) is 6.24. The van der Waals surface area contributed by atoms with Crippen molar-refractivity contribution >= 4 is 0 Å². The van der Waals surface area contributed by atoms with Crippen LogP contribution in [-0.2, 0) is 4.74 Å². The lowest BCUT2D eigenvalue weighted by atomic mass is 9.89. The molecule has 0 fully saturated rings. The number of ether oxygens (including phenoxy) is 1. The maximum atomic E-state index is 5.31. The number of nitrogens with zero attached hydrogens (tertiary/aromatic N) is 1. The first-order valence-corrected chi connectivity index (χ1v) is 7.99. The molecule has 1 N–H and O–H groups in total. The summed E-state index contributed by atoms with van der Waals surface area (Å²) >= 11 is 0. The van der Waals surface area contributed by atoms with E-state index in [0.29, 0.717) is 24.0 Å². The number of hydrogen-bond acceptors (Lipinski definition) is 3. The van der Waals surface area contributed by atoms with Crippen molar-refractivity contribution in [3.63, 3.8) is 0 Å². The van der Waals surface area contributed by atoms with Gasteiger partial charge in [0.25, 0.3) is 0 Å². The van der Waals surface area contributed by atoms with Crippen LogP contribution in [0.2, 0.25) is 0 Å². The zero-order chi connectivity index (χ0) is 15.8. The van der Waals surface area contributed by atoms with Crippen LogP contribution in [0.15, 0.2) is 30.3 Å². The molecule has 2 unspecified atom stereocenters. The molecule has 0 spiro atoms. The van der Waals surface area contributed by atoms with Crippen LogP contribution in [-0.4, -0.2) is 44.3 Å². The number of methoxy groups -OCH3 is 1. The largest absolute Gasteiger partial charge is 0.383 e. The summed E-state index contributed by atoms with van der Waals surface area (Å²) in [6, 6.07) is 12.0. The molecule has 0 radical (unpaired) electrons. The third kappa shape index (κ3) is 5.10. The first kappa shape index (κ1) is 18.1. The van der Waals surface area contributed by atoms with E-state index in [4.69, 9.17) is 4.74 Å². The Bertz CT molecular complexity index is 378. The molecule has 0 aromatic heterocycles. The van der Waals surface area contributed by atoms with E-state index < -0.39 is 0 Å². The van der Waals surface area contributed by atoms with Crippen LogP contribution >= 0.6 is 0 Å². The van der Waals surface area contributed by atoms with Crippen LogP contribution in [0, 0.1) is 5.92 Å². The zero-order valence-corrected chi connectivity index (χ0v) is 14.5. The average molecular weight is 292 g/mol. The van der Waals surface area contributed by atoms with Gasteiger partial charge >= 0.3 is 0 Å². The average Bonchev–Trinajstić information content (AvgIpc) is 2.47. The number of hydrogen-bond donors (Lipinski definition) is 1. The quantitative estimate of drug-likeness (QED) is 0.755. The zero-order valence-electron chi connectivity index (χ0n) is 14.5. The van der Waals surface area contributed by atoms with Crippen molar-refractivity contribution in [2.75, 3.05) is 27.3 Å². The molecule has 0 amide bonds. The lowest BCUT2D eigenvalue weighted by Crippen LogP contribution is -2.51. The summed E-state index contributed by atoms with van der Waals surface area (Å²) in [5, 5.41) is 3.53. The molecule has 0 saturated carbocycles. The Labute approximate surface area is 130 Å². The Balaban J connectivity index is 3.06. The van der Waals surface area contributed by atoms with Crippen LogP contribution < -0.4 is 5.32 Å². The second kappa shape index (κ2) is 9.19. The van der Waals surface area contributed by atoms with E-state index in [-0.39, 0.29) is 0 Å². The van der Waals surface area contributed by atoms with E-state index in [2.05, 4.69) is 75.3 Å². The Kier molecular flexibility index (Phi) is 7.94. The van der Waals surface area contributed by atoms with Gasteiger partial charge in [0.2, 0.25) is 0 Å². The van der Waals surface area contributed by atoms with E-state index in [1.807, 2.05) is 0 Å². The fraction of sp³-hybridized carbons (Fsp3) is 0.667. The van der Waals surface area contributed by atoms with Gasteiger partial charge in [0.15, 0.2) is 0 Å². The SMILES string of the molecule is CNC(c1ccccc1)C(C(C)C)N(CCOC)C(C)C. The van der Waals surface area contributed by atoms with Crippen molar-refractivity contribution in [2.45, 2.75) is 45.8 Å². The third-order valence-corrected chi connectivity index (χ3v) is 4.09. The monoisotopic (exact) mass is 292 g/mol. The van der Waals surface area contributed by atoms with Crippen molar-refractivity contribution in [1.82, 2.24) is 10.2 Å². The van der Waals surface area contributed by atoms with Gasteiger partial charge in [-0.3, -0.25) is 4.90 Å². The molecule has 2 atom stereocenters. The van der Waals surface area contributed by atoms with Crippen LogP contribution in [0.1, 0.15) is 39.3 Å². The summed E-state index contributed by atoms with van der Waals surface area (Å²) in [5.41, 5.74) is 1.35. The molecular weight excluding hydrogens is 260 g/mol. The lowest BCUT2D eigenvalue weighted by Gasteiger charge is -2.42. The summed E-state index contributed by atoms with van der Waals surface area (Å²) in [6.07, 6.45) is 0. The van der Waals surface area contributed by atoms with Gasteiger partial charge in [-0.2, -0.15) is 0 Å². The highest BCUT2D eigenvalue weighted by atomic mass is 16.5. The van der Waals surface area contributed by atoms with Crippen molar-refractivity contribution in [3.05, 3.63) is 35.9 Å². The smallest absolute Gasteiger partial charge is 0.0589 e. The topological polar surface area (TPSA) is 24.5 Å². The van der Waals surface area contributed by atoms with Gasteiger partial charge in [0.05, 0.1) is 6.61 Å². The van der Waals surface area contributed by atoms with Gasteiger partial charge in [-0.1, -0.05) is 44.2 Å². The highest BCUT2D eigenvalue weighted by molar-refractivity contribution is 5.21. The third-order valence-electron chi connectivity index (χ3n) is 4.09. The van der Waals surface area contributed by atoms with E-state index in [0.717, 1.165) is 13.2 Å². The first-order valence-electron chi connectivity index (χ1n) is 7.99. The summed E-state index contributed by atoms with van der Waals surface area (Å²) in [5.74, 6) is 0.557. The van der Waals surface area contributed by atoms with Crippen LogP contribution in [0.25, 0.3) is 0 Å². The minimum Gasteiger partial charge on any atom is -0.383 e. The highest BCUT2D eigenvalue weighted by Crippen LogP contribution is 2.27. The fourth-order valence-corrected chi connectivity index (χ4v) is 3.10. The molecule has 0 saturated heterocycles. The van der Waals surface area contributed by atoms with Gasteiger partial charge in [-0.15, -0.1) is 0 Å². The van der Waals surface area contributed by atoms with Crippen molar-refractivity contribution in [2.24, 2.45) is 5.92 Å². The molecule has 0 aliphatic heterocycles. The highest BCUT2D eigenvalue weighted by Gasteiger charge is 2.31. The molecular formula is C18H32N2O. The van der Waals surface area contributed by atoms with Crippen LogP contribution in [0.5, 0.6) is 0 Å². The maximum absolute atomic E-state index is 5.31. The number of rotatable bonds is 9. The number of nitrogens with one attached hydrogen (secondary N) is 1. The maximum Gasteiger partial charge on any atom is 0.0589 e. The molecule has 21 heavy (non-hydrogen) atoms. The van der Waals surface area contributed by atoms with Gasteiger partial charge < -0.3 is 10.1 Å². The molecule has 3 nitrogen and oxygen atoms in total. The van der Waals surface area contributed by atoms with Crippen molar-refractivity contribution < 1.29 is 4.74 Å². The van der Waals surface area contributed by atoms with E-state index >= 15 is 0 Å². The van der Waals surface area contributed by atoms with Gasteiger partial charge in [0, 0.05) is 31.8 Å².